The van der Waals surface area contributed by atoms with Crippen molar-refractivity contribution >= 4 is 35.4 Å². The summed E-state index contributed by atoms with van der Waals surface area (Å²) in [5.41, 5.74) is 1.49. The summed E-state index contributed by atoms with van der Waals surface area (Å²) < 4.78 is 17.3. The quantitative estimate of drug-likeness (QED) is 0.443. The van der Waals surface area contributed by atoms with Gasteiger partial charge in [0, 0.05) is 55.5 Å². The molecule has 3 saturated heterocycles. The Morgan fingerprint density at radius 2 is 1.41 bits per heavy atom. The molecule has 44 heavy (non-hydrogen) atoms. The Labute approximate surface area is 255 Å². The van der Waals surface area contributed by atoms with Crippen molar-refractivity contribution < 1.29 is 23.8 Å². The van der Waals surface area contributed by atoms with Gasteiger partial charge in [-0.05, 0) is 57.2 Å². The van der Waals surface area contributed by atoms with Crippen molar-refractivity contribution in [3.8, 4) is 11.4 Å². The average Bonchev–Trinajstić information content (AvgIpc) is 3.01. The van der Waals surface area contributed by atoms with E-state index < -0.39 is 5.60 Å². The number of ether oxygens (including phenoxy) is 3. The van der Waals surface area contributed by atoms with Gasteiger partial charge >= 0.3 is 12.1 Å². The first-order valence-electron chi connectivity index (χ1n) is 14.7. The van der Waals surface area contributed by atoms with E-state index in [1.807, 2.05) is 45.0 Å². The van der Waals surface area contributed by atoms with Crippen LogP contribution in [-0.2, 0) is 14.2 Å². The van der Waals surface area contributed by atoms with Crippen LogP contribution in [0.5, 0.6) is 0 Å². The minimum absolute atomic E-state index is 0.203. The lowest BCUT2D eigenvalue weighted by Gasteiger charge is -2.45. The van der Waals surface area contributed by atoms with E-state index in [4.69, 9.17) is 29.2 Å². The first-order chi connectivity index (χ1) is 21.2. The fraction of sp³-hybridized carbons (Fsp3) is 0.467. The molecule has 3 fully saturated rings. The van der Waals surface area contributed by atoms with Crippen molar-refractivity contribution in [1.82, 2.24) is 24.8 Å². The van der Waals surface area contributed by atoms with Gasteiger partial charge in [0.25, 0.3) is 0 Å². The maximum Gasteiger partial charge on any atom is 0.410 e. The molecule has 3 aromatic rings. The summed E-state index contributed by atoms with van der Waals surface area (Å²) in [5.74, 6) is 1.66. The molecular formula is C30H37N9O5. The number of urea groups is 1. The molecule has 3 aliphatic heterocycles. The largest absolute Gasteiger partial charge is 0.444 e. The second-order valence-electron chi connectivity index (χ2n) is 11.9. The summed E-state index contributed by atoms with van der Waals surface area (Å²) in [6, 6.07) is 10.4. The number of rotatable bonds is 5. The molecule has 232 valence electrons. The molecule has 0 spiro atoms. The third-order valence-corrected chi connectivity index (χ3v) is 7.26. The number of nitrogens with one attached hydrogen (secondary N) is 2. The van der Waals surface area contributed by atoms with Gasteiger partial charge in [-0.2, -0.15) is 15.0 Å². The second kappa shape index (κ2) is 12.6. The summed E-state index contributed by atoms with van der Waals surface area (Å²) in [6.45, 7) is 10.1. The summed E-state index contributed by atoms with van der Waals surface area (Å²) >= 11 is 0. The first kappa shape index (κ1) is 29.5. The Hall–Kier alpha value is -4.56. The molecule has 2 bridgehead atoms. The molecule has 0 saturated carbocycles. The number of benzene rings is 1. The van der Waals surface area contributed by atoms with Gasteiger partial charge < -0.3 is 39.5 Å². The number of anilines is 4. The number of carbonyl (C=O) groups excluding carboxylic acids is 2. The molecule has 0 aliphatic carbocycles. The zero-order valence-electron chi connectivity index (χ0n) is 25.1. The molecule has 1 aromatic carbocycles. The first-order valence-corrected chi connectivity index (χ1v) is 14.7. The zero-order valence-corrected chi connectivity index (χ0v) is 25.1. The number of carbonyl (C=O) groups is 2. The topological polar surface area (TPSA) is 147 Å². The summed E-state index contributed by atoms with van der Waals surface area (Å²) in [6.07, 6.45) is 2.49. The summed E-state index contributed by atoms with van der Waals surface area (Å²) in [5, 5.41) is 5.61. The van der Waals surface area contributed by atoms with Gasteiger partial charge in [0.05, 0.1) is 38.5 Å². The van der Waals surface area contributed by atoms with Gasteiger partial charge in [-0.15, -0.1) is 0 Å². The van der Waals surface area contributed by atoms with Crippen LogP contribution in [0, 0.1) is 0 Å². The molecule has 2 atom stereocenters. The predicted octanol–water partition coefficient (Wildman–Crippen LogP) is 3.24. The van der Waals surface area contributed by atoms with E-state index in [1.165, 1.54) is 0 Å². The Kier molecular flexibility index (Phi) is 8.44. The van der Waals surface area contributed by atoms with E-state index in [0.29, 0.717) is 81.6 Å². The monoisotopic (exact) mass is 603 g/mol. The van der Waals surface area contributed by atoms with Crippen LogP contribution in [0.4, 0.5) is 32.9 Å². The lowest BCUT2D eigenvalue weighted by molar-refractivity contribution is -0.0952. The van der Waals surface area contributed by atoms with E-state index in [1.54, 1.807) is 29.4 Å². The number of amides is 3. The van der Waals surface area contributed by atoms with Crippen molar-refractivity contribution in [2.45, 2.75) is 38.6 Å². The highest BCUT2D eigenvalue weighted by Crippen LogP contribution is 2.28. The second-order valence-corrected chi connectivity index (χ2v) is 11.9. The Morgan fingerprint density at radius 1 is 0.818 bits per heavy atom. The van der Waals surface area contributed by atoms with E-state index >= 15 is 0 Å². The van der Waals surface area contributed by atoms with Gasteiger partial charge in [-0.1, -0.05) is 0 Å². The predicted molar refractivity (Wildman–Crippen MR) is 164 cm³/mol. The molecule has 14 nitrogen and oxygen atoms in total. The summed E-state index contributed by atoms with van der Waals surface area (Å²) in [4.78, 5) is 49.7. The van der Waals surface area contributed by atoms with Crippen LogP contribution in [0.3, 0.4) is 0 Å². The molecule has 0 radical (unpaired) electrons. The minimum atomic E-state index is -0.561. The lowest BCUT2D eigenvalue weighted by Crippen LogP contribution is -2.61. The molecule has 3 aliphatic rings. The molecule has 2 N–H and O–H groups in total. The van der Waals surface area contributed by atoms with Crippen molar-refractivity contribution in [1.29, 1.82) is 0 Å². The Morgan fingerprint density at radius 3 is 2.02 bits per heavy atom. The number of morpholine rings is 3. The Balaban J connectivity index is 1.19. The van der Waals surface area contributed by atoms with Crippen LogP contribution in [-0.4, -0.2) is 107 Å². The molecule has 2 unspecified atom stereocenters. The molecule has 5 heterocycles. The van der Waals surface area contributed by atoms with Gasteiger partial charge in [0.1, 0.15) is 5.60 Å². The maximum atomic E-state index is 12.7. The number of nitrogens with zero attached hydrogens (tertiary/aromatic N) is 7. The van der Waals surface area contributed by atoms with Gasteiger partial charge in [-0.3, -0.25) is 4.98 Å². The van der Waals surface area contributed by atoms with Crippen molar-refractivity contribution in [2.75, 3.05) is 72.9 Å². The molecule has 3 amide bonds. The standard InChI is InChI=1S/C30H37N9O5/c1-30(2,3)44-29(41)39-18-23-16-38(17-24(19-39)43-23)27-35-25(34-26(36-27)37-12-14-42-15-13-37)20-4-6-21(7-5-20)32-28(40)33-22-8-10-31-11-9-22/h4-11,23-24H,12-19H2,1-3H3,(H2,31,32,33,40). The number of hydrogen-bond donors (Lipinski definition) is 2. The van der Waals surface area contributed by atoms with E-state index in [-0.39, 0.29) is 24.3 Å². The third-order valence-electron chi connectivity index (χ3n) is 7.26. The highest BCUT2D eigenvalue weighted by Gasteiger charge is 2.39. The highest BCUT2D eigenvalue weighted by molar-refractivity contribution is 5.99. The molecule has 2 aromatic heterocycles. The van der Waals surface area contributed by atoms with Crippen LogP contribution >= 0.6 is 0 Å². The third kappa shape index (κ3) is 7.32. The van der Waals surface area contributed by atoms with Crippen LogP contribution < -0.4 is 20.4 Å². The normalized spacial score (nSPS) is 20.2. The maximum absolute atomic E-state index is 12.7. The average molecular weight is 604 g/mol. The summed E-state index contributed by atoms with van der Waals surface area (Å²) in [7, 11) is 0. The van der Waals surface area contributed by atoms with E-state index in [9.17, 15) is 9.59 Å². The van der Waals surface area contributed by atoms with Crippen LogP contribution in [0.2, 0.25) is 0 Å². The number of pyridine rings is 1. The smallest absolute Gasteiger partial charge is 0.410 e. The Bertz CT molecular complexity index is 1450. The minimum Gasteiger partial charge on any atom is -0.444 e. The van der Waals surface area contributed by atoms with E-state index in [2.05, 4.69) is 25.4 Å². The van der Waals surface area contributed by atoms with Crippen LogP contribution in [0.15, 0.2) is 48.8 Å². The number of fused-ring (bicyclic) bond motifs is 2. The molecule has 6 rings (SSSR count). The SMILES string of the molecule is CC(C)(C)OC(=O)N1CC2CN(c3nc(-c4ccc(NC(=O)Nc5ccncc5)cc4)nc(N4CCOCC4)n3)CC(C1)O2. The lowest BCUT2D eigenvalue weighted by atomic mass is 10.1. The van der Waals surface area contributed by atoms with Gasteiger partial charge in [-0.25, -0.2) is 9.59 Å². The van der Waals surface area contributed by atoms with Gasteiger partial charge in [0.2, 0.25) is 11.9 Å². The number of aromatic nitrogens is 4. The number of hydrogen-bond acceptors (Lipinski definition) is 11. The van der Waals surface area contributed by atoms with Crippen LogP contribution in [0.1, 0.15) is 20.8 Å². The van der Waals surface area contributed by atoms with Gasteiger partial charge in [0.15, 0.2) is 5.82 Å². The highest BCUT2D eigenvalue weighted by atomic mass is 16.6. The van der Waals surface area contributed by atoms with E-state index in [0.717, 1.165) is 5.56 Å². The molecule has 14 heteroatoms. The van der Waals surface area contributed by atoms with Crippen molar-refractivity contribution in [3.05, 3.63) is 48.8 Å². The zero-order chi connectivity index (χ0) is 30.7. The van der Waals surface area contributed by atoms with Crippen molar-refractivity contribution in [3.63, 3.8) is 0 Å². The fourth-order valence-corrected chi connectivity index (χ4v) is 5.29. The van der Waals surface area contributed by atoms with Crippen molar-refractivity contribution in [2.24, 2.45) is 0 Å². The molecular weight excluding hydrogens is 566 g/mol. The van der Waals surface area contributed by atoms with Crippen LogP contribution in [0.25, 0.3) is 11.4 Å². The fourth-order valence-electron chi connectivity index (χ4n) is 5.29.